The van der Waals surface area contributed by atoms with Crippen LogP contribution in [0.4, 0.5) is 0 Å². The number of benzene rings is 1. The predicted molar refractivity (Wildman–Crippen MR) is 85.3 cm³/mol. The van der Waals surface area contributed by atoms with Gasteiger partial charge in [-0.1, -0.05) is 53.7 Å². The number of fused-ring (bicyclic) bond motifs is 1. The Morgan fingerprint density at radius 3 is 2.05 bits per heavy atom. The van der Waals surface area contributed by atoms with Gasteiger partial charge in [0.2, 0.25) is 5.76 Å². The van der Waals surface area contributed by atoms with Crippen LogP contribution in [0.15, 0.2) is 16.5 Å². The van der Waals surface area contributed by atoms with Gasteiger partial charge in [0, 0.05) is 16.5 Å². The summed E-state index contributed by atoms with van der Waals surface area (Å²) < 4.78 is 5.83. The number of carbonyl (C=O) groups is 1. The zero-order chi connectivity index (χ0) is 16.2. The van der Waals surface area contributed by atoms with Gasteiger partial charge < -0.3 is 9.52 Å². The maximum absolute atomic E-state index is 11.6. The molecule has 0 aliphatic carbocycles. The highest BCUT2D eigenvalue weighted by molar-refractivity contribution is 5.98. The molecule has 1 N–H and O–H groups in total. The van der Waals surface area contributed by atoms with Crippen LogP contribution in [0.2, 0.25) is 0 Å². The number of aromatic carboxylic acids is 1. The van der Waals surface area contributed by atoms with E-state index in [0.717, 1.165) is 22.1 Å². The quantitative estimate of drug-likeness (QED) is 0.800. The van der Waals surface area contributed by atoms with Gasteiger partial charge in [0.05, 0.1) is 0 Å². The summed E-state index contributed by atoms with van der Waals surface area (Å²) in [6, 6.07) is 4.10. The summed E-state index contributed by atoms with van der Waals surface area (Å²) in [7, 11) is 0. The Morgan fingerprint density at radius 1 is 1.05 bits per heavy atom. The highest BCUT2D eigenvalue weighted by Gasteiger charge is 2.32. The lowest BCUT2D eigenvalue weighted by Crippen LogP contribution is -2.16. The van der Waals surface area contributed by atoms with Crippen LogP contribution in [-0.4, -0.2) is 11.1 Å². The van der Waals surface area contributed by atoms with Gasteiger partial charge in [0.25, 0.3) is 0 Å². The number of carboxylic acid groups (broad SMARTS) is 1. The van der Waals surface area contributed by atoms with E-state index in [1.165, 1.54) is 0 Å². The fraction of sp³-hybridized carbons (Fsp3) is 0.500. The summed E-state index contributed by atoms with van der Waals surface area (Å²) in [6.07, 6.45) is 0. The normalized spacial score (nSPS) is 12.9. The van der Waals surface area contributed by atoms with E-state index < -0.39 is 5.97 Å². The number of hydrogen-bond donors (Lipinski definition) is 1. The molecular weight excluding hydrogens is 264 g/mol. The summed E-state index contributed by atoms with van der Waals surface area (Å²) in [5.41, 5.74) is 3.20. The molecule has 3 heteroatoms. The van der Waals surface area contributed by atoms with E-state index in [0.29, 0.717) is 5.58 Å². The van der Waals surface area contributed by atoms with Crippen molar-refractivity contribution in [2.45, 2.75) is 59.3 Å². The summed E-state index contributed by atoms with van der Waals surface area (Å²) >= 11 is 0. The van der Waals surface area contributed by atoms with Crippen LogP contribution < -0.4 is 0 Å². The van der Waals surface area contributed by atoms with Crippen LogP contribution in [-0.2, 0) is 10.8 Å². The monoisotopic (exact) mass is 288 g/mol. The summed E-state index contributed by atoms with van der Waals surface area (Å²) in [4.78, 5) is 11.6. The van der Waals surface area contributed by atoms with Crippen molar-refractivity contribution in [3.8, 4) is 0 Å². The fourth-order valence-corrected chi connectivity index (χ4v) is 2.82. The van der Waals surface area contributed by atoms with Crippen molar-refractivity contribution in [2.24, 2.45) is 0 Å². The first-order valence-electron chi connectivity index (χ1n) is 7.25. The molecule has 0 saturated carbocycles. The Hall–Kier alpha value is -1.77. The van der Waals surface area contributed by atoms with Crippen molar-refractivity contribution in [3.05, 3.63) is 34.6 Å². The molecule has 1 heterocycles. The van der Waals surface area contributed by atoms with Crippen molar-refractivity contribution < 1.29 is 14.3 Å². The zero-order valence-electron chi connectivity index (χ0n) is 13.9. The minimum atomic E-state index is -1.00. The molecular formula is C18H24O3. The van der Waals surface area contributed by atoms with Crippen molar-refractivity contribution in [1.82, 2.24) is 0 Å². The SMILES string of the molecule is Cc1ccc(C(C)(C)C)c2oc(C(=O)O)c(C(C)(C)C)c12. The number of aryl methyl sites for hydroxylation is 1. The lowest BCUT2D eigenvalue weighted by atomic mass is 9.80. The van der Waals surface area contributed by atoms with Crippen LogP contribution in [0.1, 0.15) is 68.8 Å². The smallest absolute Gasteiger partial charge is 0.372 e. The van der Waals surface area contributed by atoms with E-state index in [2.05, 4.69) is 26.8 Å². The Kier molecular flexibility index (Phi) is 3.43. The molecule has 0 spiro atoms. The van der Waals surface area contributed by atoms with E-state index in [1.807, 2.05) is 33.8 Å². The molecule has 0 amide bonds. The summed E-state index contributed by atoms with van der Waals surface area (Å²) in [5.74, 6) is -0.937. The van der Waals surface area contributed by atoms with Crippen LogP contribution in [0.25, 0.3) is 11.0 Å². The lowest BCUT2D eigenvalue weighted by Gasteiger charge is -2.21. The van der Waals surface area contributed by atoms with Gasteiger partial charge in [-0.25, -0.2) is 4.79 Å². The maximum Gasteiger partial charge on any atom is 0.372 e. The van der Waals surface area contributed by atoms with Crippen LogP contribution in [0, 0.1) is 6.92 Å². The minimum absolute atomic E-state index is 0.0669. The largest absolute Gasteiger partial charge is 0.475 e. The van der Waals surface area contributed by atoms with E-state index in [1.54, 1.807) is 0 Å². The first-order valence-corrected chi connectivity index (χ1v) is 7.25. The molecule has 2 rings (SSSR count). The molecule has 114 valence electrons. The molecule has 0 aliphatic rings. The minimum Gasteiger partial charge on any atom is -0.475 e. The molecule has 1 aromatic carbocycles. The van der Waals surface area contributed by atoms with Crippen molar-refractivity contribution in [1.29, 1.82) is 0 Å². The second kappa shape index (κ2) is 4.62. The number of hydrogen-bond acceptors (Lipinski definition) is 2. The van der Waals surface area contributed by atoms with Gasteiger partial charge in [-0.3, -0.25) is 0 Å². The van der Waals surface area contributed by atoms with Crippen LogP contribution in [0.3, 0.4) is 0 Å². The third-order valence-corrected chi connectivity index (χ3v) is 3.80. The molecule has 0 aliphatic heterocycles. The van der Waals surface area contributed by atoms with Crippen LogP contribution >= 0.6 is 0 Å². The first-order chi connectivity index (χ1) is 9.44. The van der Waals surface area contributed by atoms with Gasteiger partial charge in [0.1, 0.15) is 5.58 Å². The second-order valence-electron chi connectivity index (χ2n) is 7.75. The van der Waals surface area contributed by atoms with E-state index >= 15 is 0 Å². The van der Waals surface area contributed by atoms with Gasteiger partial charge in [0.15, 0.2) is 0 Å². The van der Waals surface area contributed by atoms with Gasteiger partial charge in [-0.2, -0.15) is 0 Å². The molecule has 1 aromatic heterocycles. The standard InChI is InChI=1S/C18H24O3/c1-10-8-9-11(17(2,3)4)14-12(10)13(18(5,6)7)15(21-14)16(19)20/h8-9H,1-7H3,(H,19,20). The summed E-state index contributed by atoms with van der Waals surface area (Å²) in [6.45, 7) is 14.4. The average molecular weight is 288 g/mol. The van der Waals surface area contributed by atoms with Crippen molar-refractivity contribution >= 4 is 16.9 Å². The highest BCUT2D eigenvalue weighted by atomic mass is 16.4. The molecule has 0 atom stereocenters. The molecule has 0 unspecified atom stereocenters. The summed E-state index contributed by atoms with van der Waals surface area (Å²) in [5, 5.41) is 10.5. The highest BCUT2D eigenvalue weighted by Crippen LogP contribution is 2.41. The van der Waals surface area contributed by atoms with E-state index in [9.17, 15) is 9.90 Å². The zero-order valence-corrected chi connectivity index (χ0v) is 13.9. The number of carboxylic acids is 1. The van der Waals surface area contributed by atoms with Crippen LogP contribution in [0.5, 0.6) is 0 Å². The first kappa shape index (κ1) is 15.6. The van der Waals surface area contributed by atoms with Crippen molar-refractivity contribution in [2.75, 3.05) is 0 Å². The Labute approximate surface area is 126 Å². The fourth-order valence-electron chi connectivity index (χ4n) is 2.82. The topological polar surface area (TPSA) is 50.4 Å². The van der Waals surface area contributed by atoms with Gasteiger partial charge in [-0.05, 0) is 23.3 Å². The molecule has 21 heavy (non-hydrogen) atoms. The predicted octanol–water partition coefficient (Wildman–Crippen LogP) is 5.03. The average Bonchev–Trinajstić information content (AvgIpc) is 2.68. The Morgan fingerprint density at radius 2 is 1.62 bits per heavy atom. The lowest BCUT2D eigenvalue weighted by molar-refractivity contribution is 0.0661. The van der Waals surface area contributed by atoms with Gasteiger partial charge in [-0.15, -0.1) is 0 Å². The molecule has 0 radical (unpaired) electrons. The third kappa shape index (κ3) is 2.57. The molecule has 0 bridgehead atoms. The maximum atomic E-state index is 11.6. The Bertz CT molecular complexity index is 707. The van der Waals surface area contributed by atoms with E-state index in [-0.39, 0.29) is 16.6 Å². The number of furan rings is 1. The van der Waals surface area contributed by atoms with Crippen molar-refractivity contribution in [3.63, 3.8) is 0 Å². The van der Waals surface area contributed by atoms with Gasteiger partial charge >= 0.3 is 5.97 Å². The molecule has 3 nitrogen and oxygen atoms in total. The molecule has 0 saturated heterocycles. The second-order valence-corrected chi connectivity index (χ2v) is 7.75. The molecule has 0 fully saturated rings. The molecule has 2 aromatic rings. The Balaban J connectivity index is 3.02. The van der Waals surface area contributed by atoms with E-state index in [4.69, 9.17) is 4.42 Å². The third-order valence-electron chi connectivity index (χ3n) is 3.80. The number of rotatable bonds is 1.